The standard InChI is InChI=1S/C13H16FN3O3S/c1-7-6-16-13(20-7)9(3)17-21(18,19)10-4-11(14)8(2)12(15)5-10/h4-6,9,17H,15H2,1-3H3. The SMILES string of the molecule is Cc1cnc(C(C)NS(=O)(=O)c2cc(N)c(C)c(F)c2)o1. The summed E-state index contributed by atoms with van der Waals surface area (Å²) in [6, 6.07) is 1.46. The second-order valence-electron chi connectivity index (χ2n) is 4.77. The highest BCUT2D eigenvalue weighted by Gasteiger charge is 2.22. The number of benzene rings is 1. The number of nitrogens with one attached hydrogen (secondary N) is 1. The molecule has 0 aliphatic carbocycles. The molecule has 21 heavy (non-hydrogen) atoms. The van der Waals surface area contributed by atoms with Crippen LogP contribution in [-0.2, 0) is 10.0 Å². The lowest BCUT2D eigenvalue weighted by Crippen LogP contribution is -2.27. The van der Waals surface area contributed by atoms with E-state index in [4.69, 9.17) is 10.2 Å². The topological polar surface area (TPSA) is 98.2 Å². The maximum absolute atomic E-state index is 13.6. The summed E-state index contributed by atoms with van der Waals surface area (Å²) in [6.45, 7) is 4.76. The van der Waals surface area contributed by atoms with E-state index < -0.39 is 21.9 Å². The lowest BCUT2D eigenvalue weighted by Gasteiger charge is -2.12. The Morgan fingerprint density at radius 2 is 2.05 bits per heavy atom. The Morgan fingerprint density at radius 1 is 1.38 bits per heavy atom. The molecule has 1 unspecified atom stereocenters. The van der Waals surface area contributed by atoms with Gasteiger partial charge in [0.15, 0.2) is 0 Å². The van der Waals surface area contributed by atoms with Gasteiger partial charge >= 0.3 is 0 Å². The summed E-state index contributed by atoms with van der Waals surface area (Å²) in [5.41, 5.74) is 5.89. The van der Waals surface area contributed by atoms with E-state index in [0.717, 1.165) is 6.07 Å². The van der Waals surface area contributed by atoms with E-state index in [1.807, 2.05) is 0 Å². The number of anilines is 1. The van der Waals surface area contributed by atoms with Crippen molar-refractivity contribution in [2.75, 3.05) is 5.73 Å². The van der Waals surface area contributed by atoms with Gasteiger partial charge in [0.05, 0.1) is 17.1 Å². The maximum atomic E-state index is 13.6. The Bertz CT molecular complexity index is 748. The molecule has 0 saturated heterocycles. The quantitative estimate of drug-likeness (QED) is 0.842. The highest BCUT2D eigenvalue weighted by molar-refractivity contribution is 7.89. The van der Waals surface area contributed by atoms with Crippen molar-refractivity contribution >= 4 is 15.7 Å². The minimum Gasteiger partial charge on any atom is -0.444 e. The molecule has 0 spiro atoms. The number of nitrogen functional groups attached to an aromatic ring is 1. The average molecular weight is 313 g/mol. The Balaban J connectivity index is 2.30. The lowest BCUT2D eigenvalue weighted by molar-refractivity contribution is 0.427. The van der Waals surface area contributed by atoms with Gasteiger partial charge in [-0.1, -0.05) is 0 Å². The first kappa shape index (κ1) is 15.5. The molecular weight excluding hydrogens is 297 g/mol. The Morgan fingerprint density at radius 3 is 2.57 bits per heavy atom. The molecule has 6 nitrogen and oxygen atoms in total. The van der Waals surface area contributed by atoms with Crippen molar-refractivity contribution in [3.63, 3.8) is 0 Å². The van der Waals surface area contributed by atoms with Gasteiger partial charge in [0, 0.05) is 11.3 Å². The van der Waals surface area contributed by atoms with Crippen molar-refractivity contribution in [1.29, 1.82) is 0 Å². The number of nitrogens with zero attached hydrogens (tertiary/aromatic N) is 1. The summed E-state index contributed by atoms with van der Waals surface area (Å²) in [4.78, 5) is 3.71. The number of rotatable bonds is 4. The summed E-state index contributed by atoms with van der Waals surface area (Å²) < 4.78 is 45.7. The van der Waals surface area contributed by atoms with Crippen molar-refractivity contribution < 1.29 is 17.2 Å². The van der Waals surface area contributed by atoms with Gasteiger partial charge in [-0.25, -0.2) is 17.8 Å². The molecule has 1 heterocycles. The third-order valence-electron chi connectivity index (χ3n) is 3.01. The molecule has 0 amide bonds. The van der Waals surface area contributed by atoms with Gasteiger partial charge < -0.3 is 10.2 Å². The maximum Gasteiger partial charge on any atom is 0.241 e. The number of hydrogen-bond acceptors (Lipinski definition) is 5. The van der Waals surface area contributed by atoms with Crippen LogP contribution >= 0.6 is 0 Å². The number of halogens is 1. The van der Waals surface area contributed by atoms with Crippen molar-refractivity contribution in [1.82, 2.24) is 9.71 Å². The number of hydrogen-bond donors (Lipinski definition) is 2. The van der Waals surface area contributed by atoms with Crippen molar-refractivity contribution in [2.45, 2.75) is 31.7 Å². The van der Waals surface area contributed by atoms with E-state index in [9.17, 15) is 12.8 Å². The van der Waals surface area contributed by atoms with Crippen LogP contribution in [0.15, 0.2) is 27.6 Å². The zero-order valence-corrected chi connectivity index (χ0v) is 12.7. The number of aromatic nitrogens is 1. The van der Waals surface area contributed by atoms with Crippen LogP contribution in [0, 0.1) is 19.7 Å². The van der Waals surface area contributed by atoms with Crippen LogP contribution in [0.25, 0.3) is 0 Å². The first-order chi connectivity index (χ1) is 9.70. The fraction of sp³-hybridized carbons (Fsp3) is 0.308. The average Bonchev–Trinajstić information content (AvgIpc) is 2.81. The minimum absolute atomic E-state index is 0.0787. The van der Waals surface area contributed by atoms with Crippen molar-refractivity contribution in [3.05, 3.63) is 41.4 Å². The van der Waals surface area contributed by atoms with E-state index in [-0.39, 0.29) is 22.0 Å². The summed E-state index contributed by atoms with van der Waals surface area (Å²) in [6.07, 6.45) is 1.49. The molecule has 1 aromatic carbocycles. The van der Waals surface area contributed by atoms with Gasteiger partial charge in [0.25, 0.3) is 0 Å². The van der Waals surface area contributed by atoms with E-state index in [0.29, 0.717) is 5.76 Å². The van der Waals surface area contributed by atoms with E-state index in [1.54, 1.807) is 13.8 Å². The number of nitrogens with two attached hydrogens (primary N) is 1. The van der Waals surface area contributed by atoms with Gasteiger partial charge in [-0.05, 0) is 32.9 Å². The molecule has 2 rings (SSSR count). The molecule has 0 aliphatic rings. The third kappa shape index (κ3) is 3.22. The highest BCUT2D eigenvalue weighted by Crippen LogP contribution is 2.22. The predicted octanol–water partition coefficient (Wildman–Crippen LogP) is 2.05. The summed E-state index contributed by atoms with van der Waals surface area (Å²) in [5, 5.41) is 0. The van der Waals surface area contributed by atoms with Crippen molar-refractivity contribution in [2.24, 2.45) is 0 Å². The number of aryl methyl sites for hydroxylation is 1. The lowest BCUT2D eigenvalue weighted by atomic mass is 10.2. The van der Waals surface area contributed by atoms with Gasteiger partial charge in [0.2, 0.25) is 15.9 Å². The van der Waals surface area contributed by atoms with Gasteiger partial charge in [-0.2, -0.15) is 4.72 Å². The van der Waals surface area contributed by atoms with E-state index >= 15 is 0 Å². The zero-order chi connectivity index (χ0) is 15.8. The molecular formula is C13H16FN3O3S. The van der Waals surface area contributed by atoms with Crippen LogP contribution in [-0.4, -0.2) is 13.4 Å². The summed E-state index contributed by atoms with van der Waals surface area (Å²) in [5.74, 6) is 0.133. The number of oxazole rings is 1. The van der Waals surface area contributed by atoms with Crippen LogP contribution in [0.5, 0.6) is 0 Å². The molecule has 8 heteroatoms. The van der Waals surface area contributed by atoms with Crippen LogP contribution < -0.4 is 10.5 Å². The van der Waals surface area contributed by atoms with Crippen LogP contribution in [0.3, 0.4) is 0 Å². The second kappa shape index (κ2) is 5.45. The largest absolute Gasteiger partial charge is 0.444 e. The fourth-order valence-electron chi connectivity index (χ4n) is 1.75. The van der Waals surface area contributed by atoms with Crippen LogP contribution in [0.1, 0.15) is 30.2 Å². The first-order valence-electron chi connectivity index (χ1n) is 6.21. The minimum atomic E-state index is -3.93. The van der Waals surface area contributed by atoms with Gasteiger partial charge in [-0.15, -0.1) is 0 Å². The monoisotopic (exact) mass is 313 g/mol. The first-order valence-corrected chi connectivity index (χ1v) is 7.69. The van der Waals surface area contributed by atoms with Crippen molar-refractivity contribution in [3.8, 4) is 0 Å². The molecule has 0 fully saturated rings. The smallest absolute Gasteiger partial charge is 0.241 e. The molecule has 2 aromatic rings. The Labute approximate surface area is 122 Å². The highest BCUT2D eigenvalue weighted by atomic mass is 32.2. The molecule has 0 saturated carbocycles. The van der Waals surface area contributed by atoms with Crippen LogP contribution in [0.4, 0.5) is 10.1 Å². The normalized spacial score (nSPS) is 13.3. The molecule has 1 atom stereocenters. The molecule has 0 bridgehead atoms. The molecule has 0 aliphatic heterocycles. The molecule has 1 aromatic heterocycles. The van der Waals surface area contributed by atoms with Gasteiger partial charge in [-0.3, -0.25) is 0 Å². The molecule has 3 N–H and O–H groups in total. The Kier molecular flexibility index (Phi) is 4.02. The predicted molar refractivity (Wildman–Crippen MR) is 75.5 cm³/mol. The fourth-order valence-corrected chi connectivity index (χ4v) is 3.00. The zero-order valence-electron chi connectivity index (χ0n) is 11.8. The van der Waals surface area contributed by atoms with Crippen LogP contribution in [0.2, 0.25) is 0 Å². The van der Waals surface area contributed by atoms with E-state index in [2.05, 4.69) is 9.71 Å². The Hall–Kier alpha value is -1.93. The molecule has 114 valence electrons. The number of sulfonamides is 1. The van der Waals surface area contributed by atoms with E-state index in [1.165, 1.54) is 19.2 Å². The molecule has 0 radical (unpaired) electrons. The second-order valence-corrected chi connectivity index (χ2v) is 6.49. The third-order valence-corrected chi connectivity index (χ3v) is 4.53. The van der Waals surface area contributed by atoms with Gasteiger partial charge in [0.1, 0.15) is 11.6 Å². The summed E-state index contributed by atoms with van der Waals surface area (Å²) in [7, 11) is -3.93. The summed E-state index contributed by atoms with van der Waals surface area (Å²) >= 11 is 0.